The zero-order valence-corrected chi connectivity index (χ0v) is 27.0. The van der Waals surface area contributed by atoms with Crippen molar-refractivity contribution in [2.45, 2.75) is 76.3 Å². The number of aliphatic hydroxyl groups is 2. The number of phenolic OH excluding ortho intramolecular Hbond substituents is 1. The van der Waals surface area contributed by atoms with E-state index in [1.54, 1.807) is 32.2 Å². The third kappa shape index (κ3) is 10.5. The zero-order valence-electron chi connectivity index (χ0n) is 27.0. The van der Waals surface area contributed by atoms with Gasteiger partial charge in [0.1, 0.15) is 29.9 Å². The first-order valence-electron chi connectivity index (χ1n) is 15.5. The van der Waals surface area contributed by atoms with Crippen molar-refractivity contribution in [1.29, 1.82) is 0 Å². The molecule has 4 amide bonds. The number of benzene rings is 2. The van der Waals surface area contributed by atoms with Crippen molar-refractivity contribution in [2.75, 3.05) is 6.61 Å². The molecule has 11 N–H and O–H groups in total. The summed E-state index contributed by atoms with van der Waals surface area (Å²) in [6.45, 7) is 4.13. The lowest BCUT2D eigenvalue weighted by Gasteiger charge is -2.27. The van der Waals surface area contributed by atoms with Crippen LogP contribution in [0.25, 0.3) is 10.9 Å². The van der Waals surface area contributed by atoms with Crippen molar-refractivity contribution in [2.24, 2.45) is 11.7 Å². The Morgan fingerprint density at radius 3 is 1.94 bits per heavy atom. The lowest BCUT2D eigenvalue weighted by atomic mass is 9.99. The molecule has 0 unspecified atom stereocenters. The Kier molecular flexibility index (Phi) is 13.5. The number of rotatable bonds is 17. The van der Waals surface area contributed by atoms with Crippen molar-refractivity contribution >= 4 is 40.5 Å². The molecule has 2 aromatic carbocycles. The first-order chi connectivity index (χ1) is 22.7. The van der Waals surface area contributed by atoms with Crippen molar-refractivity contribution in [3.8, 4) is 5.75 Å². The number of fused-ring (bicyclic) bond motifs is 1. The average Bonchev–Trinajstić information content (AvgIpc) is 3.45. The van der Waals surface area contributed by atoms with Gasteiger partial charge in [0.15, 0.2) is 6.04 Å². The quantitative estimate of drug-likeness (QED) is 0.0876. The predicted molar refractivity (Wildman–Crippen MR) is 175 cm³/mol. The van der Waals surface area contributed by atoms with Crippen LogP contribution in [0.15, 0.2) is 54.7 Å². The Morgan fingerprint density at radius 1 is 0.792 bits per heavy atom. The smallest absolute Gasteiger partial charge is 0.328 e. The number of aromatic hydroxyl groups is 1. The molecule has 1 aromatic heterocycles. The molecule has 0 bridgehead atoms. The summed E-state index contributed by atoms with van der Waals surface area (Å²) in [5.41, 5.74) is 7.68. The summed E-state index contributed by atoms with van der Waals surface area (Å²) in [6.07, 6.45) is 0.266. The highest BCUT2D eigenvalue weighted by atomic mass is 16.4. The van der Waals surface area contributed by atoms with Gasteiger partial charge in [0.05, 0.1) is 12.7 Å². The van der Waals surface area contributed by atoms with E-state index in [-0.39, 0.29) is 30.9 Å². The topological polar surface area (TPSA) is 256 Å². The van der Waals surface area contributed by atoms with Gasteiger partial charge in [-0.2, -0.15) is 0 Å². The van der Waals surface area contributed by atoms with Gasteiger partial charge in [-0.25, -0.2) is 4.79 Å². The number of carbonyl (C=O) groups is 5. The number of H-pyrrole nitrogens is 1. The van der Waals surface area contributed by atoms with Gasteiger partial charge in [0.2, 0.25) is 23.6 Å². The van der Waals surface area contributed by atoms with E-state index in [4.69, 9.17) is 5.73 Å². The predicted octanol–water partition coefficient (Wildman–Crippen LogP) is -0.571. The number of aliphatic hydroxyl groups excluding tert-OH is 2. The van der Waals surface area contributed by atoms with E-state index >= 15 is 0 Å². The van der Waals surface area contributed by atoms with Gasteiger partial charge in [-0.15, -0.1) is 0 Å². The van der Waals surface area contributed by atoms with Gasteiger partial charge >= 0.3 is 5.97 Å². The highest BCUT2D eigenvalue weighted by molar-refractivity contribution is 5.96. The fraction of sp³-hybridized carbons (Fsp3) is 0.424. The molecule has 0 aliphatic carbocycles. The second kappa shape index (κ2) is 17.2. The third-order valence-corrected chi connectivity index (χ3v) is 7.66. The molecule has 3 aromatic rings. The van der Waals surface area contributed by atoms with Crippen LogP contribution in [0.1, 0.15) is 38.3 Å². The van der Waals surface area contributed by atoms with E-state index in [0.717, 1.165) is 10.9 Å². The number of para-hydroxylation sites is 1. The molecule has 0 radical (unpaired) electrons. The lowest BCUT2D eigenvalue weighted by molar-refractivity contribution is -0.145. The molecule has 0 aliphatic heterocycles. The number of phenols is 1. The largest absolute Gasteiger partial charge is 0.508 e. The van der Waals surface area contributed by atoms with Crippen LogP contribution in [0.5, 0.6) is 5.75 Å². The fourth-order valence-electron chi connectivity index (χ4n) is 5.06. The summed E-state index contributed by atoms with van der Waals surface area (Å²) >= 11 is 0. The minimum atomic E-state index is -1.62. The van der Waals surface area contributed by atoms with Crippen LogP contribution < -0.4 is 27.0 Å². The van der Waals surface area contributed by atoms with Crippen LogP contribution in [0.4, 0.5) is 0 Å². The molecule has 48 heavy (non-hydrogen) atoms. The number of amides is 4. The summed E-state index contributed by atoms with van der Waals surface area (Å²) in [6, 6.07) is 6.49. The number of aromatic nitrogens is 1. The number of carbonyl (C=O) groups excluding carboxylic acids is 4. The maximum absolute atomic E-state index is 13.9. The highest BCUT2D eigenvalue weighted by Gasteiger charge is 2.33. The molecule has 0 spiro atoms. The maximum Gasteiger partial charge on any atom is 0.328 e. The fourth-order valence-corrected chi connectivity index (χ4v) is 5.06. The summed E-state index contributed by atoms with van der Waals surface area (Å²) in [7, 11) is 0. The van der Waals surface area contributed by atoms with Crippen molar-refractivity contribution in [3.05, 3.63) is 65.9 Å². The number of aliphatic carboxylic acids is 1. The SMILES string of the molecule is CC(C)C[C@H](NC(=O)[C@H](Cc1c[nH]c2ccccc12)NC(=O)[C@H](Cc1ccc(O)cc1)NC(=O)[C@@H](N)CO)C(=O)N[C@H](C(=O)O)[C@@H](C)O. The second-order valence-electron chi connectivity index (χ2n) is 12.1. The van der Waals surface area contributed by atoms with Crippen molar-refractivity contribution in [1.82, 2.24) is 26.3 Å². The van der Waals surface area contributed by atoms with Crippen LogP contribution in [-0.2, 0) is 36.8 Å². The summed E-state index contributed by atoms with van der Waals surface area (Å²) in [5, 5.41) is 49.3. The molecule has 0 saturated heterocycles. The molecule has 15 nitrogen and oxygen atoms in total. The monoisotopic (exact) mass is 668 g/mol. The molecular weight excluding hydrogens is 624 g/mol. The number of aromatic amines is 1. The zero-order chi connectivity index (χ0) is 35.5. The van der Waals surface area contributed by atoms with Gasteiger partial charge in [-0.05, 0) is 48.6 Å². The van der Waals surface area contributed by atoms with Crippen LogP contribution in [-0.4, -0.2) is 97.9 Å². The molecule has 1 heterocycles. The number of hydrogen-bond acceptors (Lipinski definition) is 9. The second-order valence-corrected chi connectivity index (χ2v) is 12.1. The van der Waals surface area contributed by atoms with Gasteiger partial charge in [-0.1, -0.05) is 44.2 Å². The number of nitrogens with two attached hydrogens (primary N) is 1. The first kappa shape index (κ1) is 37.5. The first-order valence-corrected chi connectivity index (χ1v) is 15.5. The molecule has 0 saturated carbocycles. The lowest BCUT2D eigenvalue weighted by Crippen LogP contribution is -2.60. The van der Waals surface area contributed by atoms with Crippen LogP contribution >= 0.6 is 0 Å². The molecule has 15 heteroatoms. The Morgan fingerprint density at radius 2 is 1.35 bits per heavy atom. The Labute approximate surface area is 277 Å². The number of nitrogens with one attached hydrogen (secondary N) is 5. The Hall–Kier alpha value is -4.99. The highest BCUT2D eigenvalue weighted by Crippen LogP contribution is 2.20. The van der Waals surface area contributed by atoms with Crippen molar-refractivity contribution < 1.29 is 44.4 Å². The van der Waals surface area contributed by atoms with E-state index < -0.39 is 72.5 Å². The summed E-state index contributed by atoms with van der Waals surface area (Å²) in [5.74, 6) is -4.78. The van der Waals surface area contributed by atoms with Gasteiger partial charge in [0.25, 0.3) is 0 Å². The minimum Gasteiger partial charge on any atom is -0.508 e. The van der Waals surface area contributed by atoms with Gasteiger partial charge in [-0.3, -0.25) is 19.2 Å². The van der Waals surface area contributed by atoms with E-state index in [1.165, 1.54) is 19.1 Å². The normalized spacial score (nSPS) is 15.1. The van der Waals surface area contributed by atoms with E-state index in [9.17, 15) is 44.4 Å². The maximum atomic E-state index is 13.9. The van der Waals surface area contributed by atoms with E-state index in [2.05, 4.69) is 26.3 Å². The van der Waals surface area contributed by atoms with E-state index in [0.29, 0.717) is 11.1 Å². The standard InChI is InChI=1S/C33H44N6O9/c1-17(2)12-25(32(46)39-28(18(3)41)33(47)48)37-31(45)27(14-20-15-35-24-7-5-4-6-22(20)24)38-30(44)26(36-29(43)23(34)16-40)13-19-8-10-21(42)11-9-19/h4-11,15,17-18,23,25-28,35,40-42H,12-14,16,34H2,1-3H3,(H,36,43)(H,37,45)(H,38,44)(H,39,46)(H,47,48)/t18-,23+,25+,26+,27+,28+/m1/s1. The Bertz CT molecular complexity index is 1570. The molecular formula is C33H44N6O9. The third-order valence-electron chi connectivity index (χ3n) is 7.66. The number of hydrogen-bond donors (Lipinski definition) is 10. The van der Waals surface area contributed by atoms with Gasteiger partial charge < -0.3 is 52.4 Å². The molecule has 0 aliphatic rings. The van der Waals surface area contributed by atoms with Crippen LogP contribution in [0.2, 0.25) is 0 Å². The Balaban J connectivity index is 1.95. The molecule has 6 atom stereocenters. The van der Waals surface area contributed by atoms with Crippen LogP contribution in [0.3, 0.4) is 0 Å². The summed E-state index contributed by atoms with van der Waals surface area (Å²) in [4.78, 5) is 68.4. The van der Waals surface area contributed by atoms with Crippen molar-refractivity contribution in [3.63, 3.8) is 0 Å². The minimum absolute atomic E-state index is 0.00957. The van der Waals surface area contributed by atoms with Crippen LogP contribution in [0, 0.1) is 5.92 Å². The molecule has 260 valence electrons. The summed E-state index contributed by atoms with van der Waals surface area (Å²) < 4.78 is 0. The van der Waals surface area contributed by atoms with E-state index in [1.807, 2.05) is 24.3 Å². The molecule has 3 rings (SSSR count). The molecule has 0 fully saturated rings. The van der Waals surface area contributed by atoms with Gasteiger partial charge in [0, 0.05) is 29.9 Å². The number of carboxylic acids is 1. The average molecular weight is 669 g/mol. The number of carboxylic acid groups (broad SMARTS) is 1.